The molecule has 96 valence electrons. The van der Waals surface area contributed by atoms with Crippen molar-refractivity contribution in [1.29, 1.82) is 0 Å². The predicted molar refractivity (Wildman–Crippen MR) is 77.1 cm³/mol. The zero-order chi connectivity index (χ0) is 12.7. The van der Waals surface area contributed by atoms with Crippen LogP contribution in [-0.2, 0) is 0 Å². The van der Waals surface area contributed by atoms with Crippen molar-refractivity contribution in [2.45, 2.75) is 26.3 Å². The number of aryl methyl sites for hydroxylation is 1. The number of ether oxygens (including phenoxy) is 1. The molecule has 17 heavy (non-hydrogen) atoms. The number of hydrogen-bond donors (Lipinski definition) is 1. The van der Waals surface area contributed by atoms with Gasteiger partial charge in [0.15, 0.2) is 0 Å². The first-order valence-electron chi connectivity index (χ1n) is 6.08. The highest BCUT2D eigenvalue weighted by Gasteiger charge is 2.05. The summed E-state index contributed by atoms with van der Waals surface area (Å²) in [6.07, 6.45) is 3.23. The highest BCUT2D eigenvalue weighted by molar-refractivity contribution is 7.98. The van der Waals surface area contributed by atoms with Crippen molar-refractivity contribution in [1.82, 2.24) is 5.32 Å². The molecule has 1 aromatic carbocycles. The molecule has 0 saturated carbocycles. The minimum absolute atomic E-state index is 0.388. The Morgan fingerprint density at radius 3 is 2.76 bits per heavy atom. The second-order valence-electron chi connectivity index (χ2n) is 4.23. The molecule has 1 aromatic rings. The van der Waals surface area contributed by atoms with Crippen LogP contribution in [0.3, 0.4) is 0 Å². The maximum absolute atomic E-state index is 5.77. The summed E-state index contributed by atoms with van der Waals surface area (Å²) in [6, 6.07) is 6.81. The number of rotatable bonds is 7. The molecule has 0 aliphatic carbocycles. The largest absolute Gasteiger partial charge is 0.493 e. The van der Waals surface area contributed by atoms with Crippen LogP contribution in [0.1, 0.15) is 30.5 Å². The Hall–Kier alpha value is -0.670. The molecule has 1 rings (SSSR count). The zero-order valence-corrected chi connectivity index (χ0v) is 12.1. The van der Waals surface area contributed by atoms with Gasteiger partial charge in [0.05, 0.1) is 6.61 Å². The van der Waals surface area contributed by atoms with Gasteiger partial charge in [-0.15, -0.1) is 0 Å². The Morgan fingerprint density at radius 2 is 2.18 bits per heavy atom. The first-order chi connectivity index (χ1) is 8.19. The molecule has 2 nitrogen and oxygen atoms in total. The molecule has 0 spiro atoms. The number of nitrogens with one attached hydrogen (secondary N) is 1. The lowest BCUT2D eigenvalue weighted by Gasteiger charge is -2.14. The van der Waals surface area contributed by atoms with E-state index in [9.17, 15) is 0 Å². The normalized spacial score (nSPS) is 12.5. The third kappa shape index (κ3) is 4.60. The van der Waals surface area contributed by atoms with Crippen LogP contribution < -0.4 is 10.1 Å². The molecule has 0 fully saturated rings. The molecule has 1 atom stereocenters. The second kappa shape index (κ2) is 7.62. The van der Waals surface area contributed by atoms with Crippen molar-refractivity contribution < 1.29 is 4.74 Å². The zero-order valence-electron chi connectivity index (χ0n) is 11.2. The topological polar surface area (TPSA) is 21.3 Å². The van der Waals surface area contributed by atoms with Crippen molar-refractivity contribution in [3.05, 3.63) is 29.3 Å². The van der Waals surface area contributed by atoms with Gasteiger partial charge in [0.25, 0.3) is 0 Å². The van der Waals surface area contributed by atoms with E-state index in [1.807, 2.05) is 18.8 Å². The number of hydrogen-bond acceptors (Lipinski definition) is 3. The van der Waals surface area contributed by atoms with E-state index in [1.165, 1.54) is 11.1 Å². The van der Waals surface area contributed by atoms with Gasteiger partial charge in [-0.2, -0.15) is 11.8 Å². The quantitative estimate of drug-likeness (QED) is 0.752. The fourth-order valence-electron chi connectivity index (χ4n) is 1.66. The molecule has 0 radical (unpaired) electrons. The molecule has 0 aliphatic rings. The molecular formula is C14H23NOS. The number of benzene rings is 1. The minimum atomic E-state index is 0.388. The summed E-state index contributed by atoms with van der Waals surface area (Å²) in [5.74, 6) is 2.17. The van der Waals surface area contributed by atoms with Crippen LogP contribution in [0.2, 0.25) is 0 Å². The first-order valence-corrected chi connectivity index (χ1v) is 7.48. The Kier molecular flexibility index (Phi) is 6.45. The minimum Gasteiger partial charge on any atom is -0.493 e. The van der Waals surface area contributed by atoms with Crippen molar-refractivity contribution in [3.8, 4) is 5.75 Å². The van der Waals surface area contributed by atoms with Crippen molar-refractivity contribution in [2.24, 2.45) is 0 Å². The van der Waals surface area contributed by atoms with Gasteiger partial charge < -0.3 is 10.1 Å². The first kappa shape index (κ1) is 14.4. The SMILES string of the molecule is CNC(C)c1ccc(OCCCSC)c(C)c1. The van der Waals surface area contributed by atoms with Gasteiger partial charge in [-0.05, 0) is 56.5 Å². The summed E-state index contributed by atoms with van der Waals surface area (Å²) in [5, 5.41) is 3.24. The fraction of sp³-hybridized carbons (Fsp3) is 0.571. The van der Waals surface area contributed by atoms with E-state index in [2.05, 4.69) is 43.6 Å². The molecule has 0 aliphatic heterocycles. The lowest BCUT2D eigenvalue weighted by Crippen LogP contribution is -2.12. The fourth-order valence-corrected chi connectivity index (χ4v) is 2.06. The van der Waals surface area contributed by atoms with Gasteiger partial charge >= 0.3 is 0 Å². The van der Waals surface area contributed by atoms with Crippen LogP contribution in [0.25, 0.3) is 0 Å². The van der Waals surface area contributed by atoms with Crippen molar-refractivity contribution in [2.75, 3.05) is 25.7 Å². The second-order valence-corrected chi connectivity index (χ2v) is 5.22. The predicted octanol–water partition coefficient (Wildman–Crippen LogP) is 3.41. The van der Waals surface area contributed by atoms with Gasteiger partial charge in [0.2, 0.25) is 0 Å². The third-order valence-corrected chi connectivity index (χ3v) is 3.58. The van der Waals surface area contributed by atoms with E-state index in [-0.39, 0.29) is 0 Å². The summed E-state index contributed by atoms with van der Waals surface area (Å²) in [5.41, 5.74) is 2.52. The van der Waals surface area contributed by atoms with Gasteiger partial charge in [0, 0.05) is 6.04 Å². The molecule has 0 amide bonds. The molecular weight excluding hydrogens is 230 g/mol. The van der Waals surface area contributed by atoms with E-state index < -0.39 is 0 Å². The van der Waals surface area contributed by atoms with E-state index in [1.54, 1.807) is 0 Å². The molecule has 0 saturated heterocycles. The molecule has 1 N–H and O–H groups in total. The van der Waals surface area contributed by atoms with E-state index in [4.69, 9.17) is 4.74 Å². The maximum atomic E-state index is 5.77. The molecule has 1 unspecified atom stereocenters. The Morgan fingerprint density at radius 1 is 1.41 bits per heavy atom. The molecule has 0 heterocycles. The summed E-state index contributed by atoms with van der Waals surface area (Å²) < 4.78 is 5.77. The Labute approximate surface area is 109 Å². The van der Waals surface area contributed by atoms with E-state index in [0.29, 0.717) is 6.04 Å². The Bertz CT molecular complexity index is 341. The van der Waals surface area contributed by atoms with Crippen LogP contribution in [0.4, 0.5) is 0 Å². The smallest absolute Gasteiger partial charge is 0.122 e. The van der Waals surface area contributed by atoms with Gasteiger partial charge in [-0.1, -0.05) is 12.1 Å². The van der Waals surface area contributed by atoms with Crippen LogP contribution >= 0.6 is 11.8 Å². The van der Waals surface area contributed by atoms with Crippen LogP contribution in [-0.4, -0.2) is 25.7 Å². The van der Waals surface area contributed by atoms with E-state index in [0.717, 1.165) is 24.5 Å². The van der Waals surface area contributed by atoms with Gasteiger partial charge in [0.1, 0.15) is 5.75 Å². The highest BCUT2D eigenvalue weighted by atomic mass is 32.2. The maximum Gasteiger partial charge on any atom is 0.122 e. The van der Waals surface area contributed by atoms with Crippen LogP contribution in [0.15, 0.2) is 18.2 Å². The van der Waals surface area contributed by atoms with Crippen LogP contribution in [0, 0.1) is 6.92 Å². The summed E-state index contributed by atoms with van der Waals surface area (Å²) in [7, 11) is 1.98. The average molecular weight is 253 g/mol. The average Bonchev–Trinajstić information content (AvgIpc) is 2.35. The van der Waals surface area contributed by atoms with Gasteiger partial charge in [-0.3, -0.25) is 0 Å². The lowest BCUT2D eigenvalue weighted by atomic mass is 10.1. The lowest BCUT2D eigenvalue weighted by molar-refractivity contribution is 0.316. The standard InChI is InChI=1S/C14H23NOS/c1-11-10-13(12(2)15-3)6-7-14(11)16-8-5-9-17-4/h6-7,10,12,15H,5,8-9H2,1-4H3. The molecule has 0 aromatic heterocycles. The summed E-state index contributed by atoms with van der Waals surface area (Å²) >= 11 is 1.86. The Balaban J connectivity index is 2.57. The van der Waals surface area contributed by atoms with Crippen molar-refractivity contribution >= 4 is 11.8 Å². The molecule has 3 heteroatoms. The number of thioether (sulfide) groups is 1. The van der Waals surface area contributed by atoms with Crippen LogP contribution in [0.5, 0.6) is 5.75 Å². The molecule has 0 bridgehead atoms. The summed E-state index contributed by atoms with van der Waals surface area (Å²) in [6.45, 7) is 5.08. The van der Waals surface area contributed by atoms with Crippen molar-refractivity contribution in [3.63, 3.8) is 0 Å². The third-order valence-electron chi connectivity index (χ3n) is 2.88. The highest BCUT2D eigenvalue weighted by Crippen LogP contribution is 2.22. The summed E-state index contributed by atoms with van der Waals surface area (Å²) in [4.78, 5) is 0. The van der Waals surface area contributed by atoms with E-state index >= 15 is 0 Å². The monoisotopic (exact) mass is 253 g/mol. The van der Waals surface area contributed by atoms with Gasteiger partial charge in [-0.25, -0.2) is 0 Å².